The van der Waals surface area contributed by atoms with Crippen molar-refractivity contribution in [2.45, 2.75) is 13.0 Å². The summed E-state index contributed by atoms with van der Waals surface area (Å²) < 4.78 is 0. The highest BCUT2D eigenvalue weighted by Crippen LogP contribution is 2.00. The van der Waals surface area contributed by atoms with Crippen LogP contribution in [0.5, 0.6) is 0 Å². The molecule has 0 radical (unpaired) electrons. The Kier molecular flexibility index (Phi) is 3.49. The Bertz CT molecular complexity index is 170. The van der Waals surface area contributed by atoms with Crippen molar-refractivity contribution in [3.63, 3.8) is 0 Å². The first-order valence-corrected chi connectivity index (χ1v) is 2.89. The molecule has 0 saturated carbocycles. The fraction of sp³-hybridized carbons (Fsp3) is 0.600. The van der Waals surface area contributed by atoms with E-state index in [1.807, 2.05) is 0 Å². The van der Waals surface area contributed by atoms with Crippen LogP contribution < -0.4 is 11.6 Å². The minimum absolute atomic E-state index is 0.931. The molecule has 0 aromatic carbocycles. The number of carboxylic acids is 1. The van der Waals surface area contributed by atoms with Crippen LogP contribution in [-0.2, 0) is 14.4 Å². The van der Waals surface area contributed by atoms with Gasteiger partial charge in [0.05, 0.1) is 5.92 Å². The average molecular weight is 162 g/mol. The summed E-state index contributed by atoms with van der Waals surface area (Å²) in [6, 6.07) is -1.21. The lowest BCUT2D eigenvalue weighted by Crippen LogP contribution is -2.42. The zero-order valence-corrected chi connectivity index (χ0v) is 5.98. The molecule has 64 valence electrons. The van der Waals surface area contributed by atoms with Crippen molar-refractivity contribution < 1.29 is 19.5 Å². The Morgan fingerprint density at radius 3 is 2.27 bits per heavy atom. The van der Waals surface area contributed by atoms with Gasteiger partial charge in [-0.05, 0) is 6.92 Å². The molecule has 0 spiro atoms. The van der Waals surface area contributed by atoms with E-state index in [-0.39, 0.29) is 0 Å². The molecule has 0 fully saturated rings. The predicted molar refractivity (Wildman–Crippen MR) is 35.1 cm³/mol. The first-order chi connectivity index (χ1) is 5.00. The molecule has 0 aliphatic rings. The summed E-state index contributed by atoms with van der Waals surface area (Å²) in [5, 5.41) is 8.37. The lowest BCUT2D eigenvalue weighted by atomic mass is 10.0. The molecule has 1 unspecified atom stereocenters. The molecule has 0 aromatic heterocycles. The smallest absolute Gasteiger partial charge is 0.342 e. The highest BCUT2D eigenvalue weighted by Gasteiger charge is 2.27. The Balaban J connectivity index is 4.12. The first kappa shape index (κ1) is 9.86. The van der Waals surface area contributed by atoms with Crippen LogP contribution in [0.2, 0.25) is 0 Å². The van der Waals surface area contributed by atoms with Crippen LogP contribution in [-0.4, -0.2) is 23.1 Å². The summed E-state index contributed by atoms with van der Waals surface area (Å²) in [5.74, 6) is 1.40. The summed E-state index contributed by atoms with van der Waals surface area (Å²) in [6.07, 6.45) is 0. The predicted octanol–water partition coefficient (Wildman–Crippen LogP) is -1.55. The van der Waals surface area contributed by atoms with E-state index in [4.69, 9.17) is 10.8 Å². The van der Waals surface area contributed by atoms with Crippen LogP contribution in [0.1, 0.15) is 6.92 Å². The van der Waals surface area contributed by atoms with E-state index in [2.05, 4.69) is 10.7 Å². The number of nitrogens with two attached hydrogens (primary N) is 2. The number of carboxylic acid groups (broad SMARTS) is 1. The highest BCUT2D eigenvalue weighted by atomic mass is 16.7. The first-order valence-electron chi connectivity index (χ1n) is 2.89. The number of aliphatic carboxylic acids is 1. The second-order valence-electron chi connectivity index (χ2n) is 2.09. The molecule has 0 aliphatic heterocycles. The molecular weight excluding hydrogens is 152 g/mol. The molecule has 0 rings (SSSR count). The molecule has 11 heavy (non-hydrogen) atoms. The fourth-order valence-corrected chi connectivity index (χ4v) is 0.436. The molecule has 0 aromatic rings. The molecule has 0 saturated heterocycles. The van der Waals surface area contributed by atoms with Gasteiger partial charge < -0.3 is 15.7 Å². The number of hydrogen-bond donors (Lipinski definition) is 3. The zero-order valence-electron chi connectivity index (χ0n) is 5.98. The quantitative estimate of drug-likeness (QED) is 0.433. The van der Waals surface area contributed by atoms with E-state index in [0.717, 1.165) is 0 Å². The molecule has 6 nitrogen and oxygen atoms in total. The minimum Gasteiger partial charge on any atom is -0.481 e. The third kappa shape index (κ3) is 2.52. The SMILES string of the molecule is CC(C(=O)O)[C@H](N)C(=O)ON. The molecule has 0 amide bonds. The molecular formula is C5H10N2O4. The third-order valence-corrected chi connectivity index (χ3v) is 1.32. The van der Waals surface area contributed by atoms with Gasteiger partial charge in [-0.2, -0.15) is 5.90 Å². The van der Waals surface area contributed by atoms with E-state index >= 15 is 0 Å². The van der Waals surface area contributed by atoms with Crippen molar-refractivity contribution in [2.24, 2.45) is 17.5 Å². The Hall–Kier alpha value is -1.14. The van der Waals surface area contributed by atoms with Crippen molar-refractivity contribution in [2.75, 3.05) is 0 Å². The van der Waals surface area contributed by atoms with Gasteiger partial charge >= 0.3 is 11.9 Å². The van der Waals surface area contributed by atoms with Gasteiger partial charge in [0.2, 0.25) is 0 Å². The van der Waals surface area contributed by atoms with Crippen LogP contribution in [0.25, 0.3) is 0 Å². The van der Waals surface area contributed by atoms with Gasteiger partial charge in [0.25, 0.3) is 0 Å². The minimum atomic E-state index is -1.21. The van der Waals surface area contributed by atoms with Gasteiger partial charge in [-0.15, -0.1) is 0 Å². The summed E-state index contributed by atoms with van der Waals surface area (Å²) in [6.45, 7) is 1.30. The Labute approximate surface area is 63.1 Å². The molecule has 0 aliphatic carbocycles. The van der Waals surface area contributed by atoms with E-state index in [0.29, 0.717) is 0 Å². The maximum absolute atomic E-state index is 10.5. The third-order valence-electron chi connectivity index (χ3n) is 1.32. The molecule has 2 atom stereocenters. The topological polar surface area (TPSA) is 116 Å². The van der Waals surface area contributed by atoms with Crippen molar-refractivity contribution in [3.05, 3.63) is 0 Å². The van der Waals surface area contributed by atoms with Gasteiger partial charge in [-0.3, -0.25) is 4.79 Å². The number of carbonyl (C=O) groups excluding carboxylic acids is 1. The Morgan fingerprint density at radius 2 is 2.00 bits per heavy atom. The van der Waals surface area contributed by atoms with Gasteiger partial charge in [-0.25, -0.2) is 4.79 Å². The Morgan fingerprint density at radius 1 is 1.55 bits per heavy atom. The molecule has 6 heteroatoms. The molecule has 5 N–H and O–H groups in total. The fourth-order valence-electron chi connectivity index (χ4n) is 0.436. The van der Waals surface area contributed by atoms with Gasteiger partial charge in [-0.1, -0.05) is 0 Å². The average Bonchev–Trinajstić information content (AvgIpc) is 2.00. The van der Waals surface area contributed by atoms with Crippen molar-refractivity contribution in [1.82, 2.24) is 0 Å². The van der Waals surface area contributed by atoms with Crippen LogP contribution >= 0.6 is 0 Å². The van der Waals surface area contributed by atoms with Crippen molar-refractivity contribution >= 4 is 11.9 Å². The summed E-state index contributed by atoms with van der Waals surface area (Å²) in [7, 11) is 0. The van der Waals surface area contributed by atoms with Crippen LogP contribution in [0, 0.1) is 5.92 Å². The number of carbonyl (C=O) groups is 2. The van der Waals surface area contributed by atoms with Crippen LogP contribution in [0.4, 0.5) is 0 Å². The molecule has 0 heterocycles. The maximum atomic E-state index is 10.5. The van der Waals surface area contributed by atoms with Crippen molar-refractivity contribution in [3.8, 4) is 0 Å². The van der Waals surface area contributed by atoms with Gasteiger partial charge in [0, 0.05) is 0 Å². The lowest BCUT2D eigenvalue weighted by molar-refractivity contribution is -0.153. The second kappa shape index (κ2) is 3.89. The summed E-state index contributed by atoms with van der Waals surface area (Å²) in [4.78, 5) is 24.5. The lowest BCUT2D eigenvalue weighted by Gasteiger charge is -2.11. The maximum Gasteiger partial charge on any atom is 0.342 e. The number of hydrogen-bond acceptors (Lipinski definition) is 5. The van der Waals surface area contributed by atoms with Crippen molar-refractivity contribution in [1.29, 1.82) is 0 Å². The largest absolute Gasteiger partial charge is 0.481 e. The second-order valence-corrected chi connectivity index (χ2v) is 2.09. The van der Waals surface area contributed by atoms with Crippen LogP contribution in [0.15, 0.2) is 0 Å². The highest BCUT2D eigenvalue weighted by molar-refractivity contribution is 5.83. The van der Waals surface area contributed by atoms with Gasteiger partial charge in [0.15, 0.2) is 0 Å². The summed E-state index contributed by atoms with van der Waals surface area (Å²) >= 11 is 0. The summed E-state index contributed by atoms with van der Waals surface area (Å²) in [5.41, 5.74) is 5.14. The van der Waals surface area contributed by atoms with E-state index in [9.17, 15) is 9.59 Å². The standard InChI is InChI=1S/C5H10N2O4/c1-2(4(8)9)3(6)5(10)11-7/h2-3H,6-7H2,1H3,(H,8,9)/t2?,3-/m0/s1. The van der Waals surface area contributed by atoms with Crippen LogP contribution in [0.3, 0.4) is 0 Å². The normalized spacial score (nSPS) is 15.2. The van der Waals surface area contributed by atoms with E-state index in [1.54, 1.807) is 0 Å². The zero-order chi connectivity index (χ0) is 9.02. The van der Waals surface area contributed by atoms with E-state index < -0.39 is 23.9 Å². The van der Waals surface area contributed by atoms with E-state index in [1.165, 1.54) is 6.92 Å². The molecule has 0 bridgehead atoms. The van der Waals surface area contributed by atoms with Gasteiger partial charge in [0.1, 0.15) is 6.04 Å². The monoisotopic (exact) mass is 162 g/mol. The number of rotatable bonds is 3.